The van der Waals surface area contributed by atoms with Crippen LogP contribution in [0.3, 0.4) is 0 Å². The van der Waals surface area contributed by atoms with Crippen LogP contribution in [0.25, 0.3) is 0 Å². The molecule has 3 rings (SSSR count). The van der Waals surface area contributed by atoms with Crippen LogP contribution in [0, 0.1) is 5.92 Å². The Labute approximate surface area is 178 Å². The van der Waals surface area contributed by atoms with Gasteiger partial charge in [0.1, 0.15) is 0 Å². The molecule has 27 heavy (non-hydrogen) atoms. The Morgan fingerprint density at radius 1 is 0.963 bits per heavy atom. The maximum atomic E-state index is 12.9. The summed E-state index contributed by atoms with van der Waals surface area (Å²) in [5.41, 5.74) is 6.13. The molecular weight excluding hydrogens is 383 g/mol. The van der Waals surface area contributed by atoms with Gasteiger partial charge >= 0.3 is 0 Å². The van der Waals surface area contributed by atoms with E-state index in [1.807, 2.05) is 0 Å². The molecule has 0 aromatic rings. The first-order chi connectivity index (χ1) is 11.9. The molecule has 4 unspecified atom stereocenters. The van der Waals surface area contributed by atoms with Crippen LogP contribution < -0.4 is 5.73 Å². The number of amides is 1. The molecule has 2 N–H and O–H groups in total. The van der Waals surface area contributed by atoms with E-state index in [0.717, 1.165) is 70.5 Å². The molecule has 3 aliphatic rings. The SMILES string of the molecule is CC1CCC(C)N1CCN1CCN(C(=O)C2CCCCC2(C)N)CC1.Cl.Cl. The summed E-state index contributed by atoms with van der Waals surface area (Å²) in [7, 11) is 0. The molecule has 0 spiro atoms. The van der Waals surface area contributed by atoms with Crippen molar-refractivity contribution in [2.24, 2.45) is 11.7 Å². The fourth-order valence-electron chi connectivity index (χ4n) is 5.12. The average molecular weight is 423 g/mol. The van der Waals surface area contributed by atoms with Gasteiger partial charge in [0, 0.05) is 56.9 Å². The van der Waals surface area contributed by atoms with Gasteiger partial charge in [-0.25, -0.2) is 0 Å². The van der Waals surface area contributed by atoms with Gasteiger partial charge in [-0.15, -0.1) is 24.8 Å². The van der Waals surface area contributed by atoms with Crippen molar-refractivity contribution >= 4 is 30.7 Å². The fraction of sp³-hybridized carbons (Fsp3) is 0.950. The van der Waals surface area contributed by atoms with E-state index >= 15 is 0 Å². The van der Waals surface area contributed by atoms with E-state index in [2.05, 4.69) is 35.5 Å². The minimum atomic E-state index is -0.311. The Bertz CT molecular complexity index is 459. The summed E-state index contributed by atoms with van der Waals surface area (Å²) in [6.07, 6.45) is 6.94. The number of likely N-dealkylation sites (tertiary alicyclic amines) is 1. The van der Waals surface area contributed by atoms with E-state index in [0.29, 0.717) is 5.91 Å². The van der Waals surface area contributed by atoms with Crippen LogP contribution >= 0.6 is 24.8 Å². The van der Waals surface area contributed by atoms with Crippen molar-refractivity contribution in [3.8, 4) is 0 Å². The number of carbonyl (C=O) groups excluding carboxylic acids is 1. The Hall–Kier alpha value is -0.0700. The molecule has 3 fully saturated rings. The van der Waals surface area contributed by atoms with Crippen LogP contribution in [0.5, 0.6) is 0 Å². The highest BCUT2D eigenvalue weighted by atomic mass is 35.5. The first-order valence-electron chi connectivity index (χ1n) is 10.4. The molecule has 2 heterocycles. The van der Waals surface area contributed by atoms with E-state index in [4.69, 9.17) is 5.73 Å². The van der Waals surface area contributed by atoms with E-state index in [1.54, 1.807) is 0 Å². The van der Waals surface area contributed by atoms with Crippen molar-refractivity contribution < 1.29 is 4.79 Å². The number of nitrogens with zero attached hydrogens (tertiary/aromatic N) is 3. The summed E-state index contributed by atoms with van der Waals surface area (Å²) >= 11 is 0. The van der Waals surface area contributed by atoms with Crippen molar-refractivity contribution in [3.05, 3.63) is 0 Å². The largest absolute Gasteiger partial charge is 0.340 e. The van der Waals surface area contributed by atoms with Crippen LogP contribution in [0.4, 0.5) is 0 Å². The molecular formula is C20H40Cl2N4O. The summed E-state index contributed by atoms with van der Waals surface area (Å²) in [5, 5.41) is 0. The molecule has 160 valence electrons. The molecule has 1 aliphatic carbocycles. The average Bonchev–Trinajstić information content (AvgIpc) is 2.91. The summed E-state index contributed by atoms with van der Waals surface area (Å²) in [5.74, 6) is 0.338. The second-order valence-corrected chi connectivity index (χ2v) is 8.98. The minimum absolute atomic E-state index is 0. The van der Waals surface area contributed by atoms with Gasteiger partial charge in [-0.2, -0.15) is 0 Å². The number of piperazine rings is 1. The zero-order valence-electron chi connectivity index (χ0n) is 17.4. The molecule has 0 aromatic carbocycles. The van der Waals surface area contributed by atoms with E-state index < -0.39 is 0 Å². The van der Waals surface area contributed by atoms with Gasteiger partial charge in [-0.3, -0.25) is 14.6 Å². The zero-order chi connectivity index (χ0) is 18.0. The lowest BCUT2D eigenvalue weighted by molar-refractivity contribution is -0.140. The summed E-state index contributed by atoms with van der Waals surface area (Å²) in [4.78, 5) is 20.2. The van der Waals surface area contributed by atoms with E-state index in [1.165, 1.54) is 19.4 Å². The van der Waals surface area contributed by atoms with Gasteiger partial charge in [-0.1, -0.05) is 12.8 Å². The summed E-state index contributed by atoms with van der Waals surface area (Å²) in [6, 6.07) is 1.46. The summed E-state index contributed by atoms with van der Waals surface area (Å²) in [6.45, 7) is 12.8. The lowest BCUT2D eigenvalue weighted by atomic mass is 9.74. The Balaban J connectivity index is 0.00000182. The molecule has 1 amide bonds. The number of hydrogen-bond acceptors (Lipinski definition) is 4. The number of halogens is 2. The lowest BCUT2D eigenvalue weighted by Crippen LogP contribution is -2.57. The Kier molecular flexibility index (Phi) is 9.83. The number of rotatable bonds is 4. The van der Waals surface area contributed by atoms with Gasteiger partial charge in [0.25, 0.3) is 0 Å². The quantitative estimate of drug-likeness (QED) is 0.756. The van der Waals surface area contributed by atoms with Crippen molar-refractivity contribution in [1.82, 2.24) is 14.7 Å². The molecule has 0 radical (unpaired) electrons. The van der Waals surface area contributed by atoms with Crippen molar-refractivity contribution in [1.29, 1.82) is 0 Å². The maximum absolute atomic E-state index is 12.9. The standard InChI is InChI=1S/C20H38N4O.2ClH/c1-16-7-8-17(2)24(16)15-12-22-10-13-23(14-11-22)19(25)18-6-4-5-9-20(18,3)21;;/h16-18H,4-15,21H2,1-3H3;2*1H. The van der Waals surface area contributed by atoms with Crippen LogP contribution in [0.15, 0.2) is 0 Å². The van der Waals surface area contributed by atoms with Gasteiger partial charge in [0.05, 0.1) is 5.92 Å². The molecule has 0 bridgehead atoms. The van der Waals surface area contributed by atoms with Crippen LogP contribution in [-0.2, 0) is 4.79 Å². The second kappa shape index (κ2) is 10.6. The third kappa shape index (κ3) is 5.96. The fourth-order valence-corrected chi connectivity index (χ4v) is 5.12. The number of nitrogens with two attached hydrogens (primary N) is 1. The number of hydrogen-bond donors (Lipinski definition) is 1. The monoisotopic (exact) mass is 422 g/mol. The third-order valence-corrected chi connectivity index (χ3v) is 7.05. The van der Waals surface area contributed by atoms with Gasteiger partial charge in [0.15, 0.2) is 0 Å². The highest BCUT2D eigenvalue weighted by Crippen LogP contribution is 2.33. The smallest absolute Gasteiger partial charge is 0.227 e. The third-order valence-electron chi connectivity index (χ3n) is 7.05. The topological polar surface area (TPSA) is 52.8 Å². The van der Waals surface area contributed by atoms with Crippen LogP contribution in [0.2, 0.25) is 0 Å². The number of carbonyl (C=O) groups is 1. The molecule has 0 aromatic heterocycles. The molecule has 1 saturated carbocycles. The minimum Gasteiger partial charge on any atom is -0.340 e. The van der Waals surface area contributed by atoms with E-state index in [-0.39, 0.29) is 36.3 Å². The second-order valence-electron chi connectivity index (χ2n) is 8.98. The molecule has 7 heteroatoms. The van der Waals surface area contributed by atoms with Crippen molar-refractivity contribution in [2.45, 2.75) is 76.9 Å². The van der Waals surface area contributed by atoms with Crippen LogP contribution in [-0.4, -0.2) is 77.5 Å². The van der Waals surface area contributed by atoms with Crippen LogP contribution in [0.1, 0.15) is 59.3 Å². The zero-order valence-corrected chi connectivity index (χ0v) is 19.0. The van der Waals surface area contributed by atoms with Gasteiger partial charge < -0.3 is 10.6 Å². The highest BCUT2D eigenvalue weighted by Gasteiger charge is 2.40. The Morgan fingerprint density at radius 3 is 2.11 bits per heavy atom. The van der Waals surface area contributed by atoms with Gasteiger partial charge in [0.2, 0.25) is 5.91 Å². The van der Waals surface area contributed by atoms with Gasteiger partial charge in [-0.05, 0) is 46.5 Å². The predicted molar refractivity (Wildman–Crippen MR) is 117 cm³/mol. The summed E-state index contributed by atoms with van der Waals surface area (Å²) < 4.78 is 0. The molecule has 2 saturated heterocycles. The van der Waals surface area contributed by atoms with E-state index in [9.17, 15) is 4.79 Å². The molecule has 5 nitrogen and oxygen atoms in total. The maximum Gasteiger partial charge on any atom is 0.227 e. The Morgan fingerprint density at radius 2 is 1.56 bits per heavy atom. The molecule has 4 atom stereocenters. The first kappa shape index (κ1) is 25.0. The lowest BCUT2D eigenvalue weighted by Gasteiger charge is -2.42. The molecule has 2 aliphatic heterocycles. The predicted octanol–water partition coefficient (Wildman–Crippen LogP) is 2.75. The normalized spacial score (nSPS) is 35.4. The first-order valence-corrected chi connectivity index (χ1v) is 10.4. The highest BCUT2D eigenvalue weighted by molar-refractivity contribution is 5.85. The van der Waals surface area contributed by atoms with Crippen molar-refractivity contribution in [2.75, 3.05) is 39.3 Å². The van der Waals surface area contributed by atoms with Crippen molar-refractivity contribution in [3.63, 3.8) is 0 Å².